The molecule has 3 heterocycles. The summed E-state index contributed by atoms with van der Waals surface area (Å²) in [5.41, 5.74) is 0.692. The van der Waals surface area contributed by atoms with Crippen LogP contribution in [0.5, 0.6) is 0 Å². The van der Waals surface area contributed by atoms with Gasteiger partial charge in [0.15, 0.2) is 0 Å². The Morgan fingerprint density at radius 3 is 2.65 bits per heavy atom. The molecule has 0 radical (unpaired) electrons. The van der Waals surface area contributed by atoms with E-state index in [0.29, 0.717) is 37.8 Å². The van der Waals surface area contributed by atoms with E-state index in [0.717, 1.165) is 10.8 Å². The van der Waals surface area contributed by atoms with Crippen LogP contribution in [0.2, 0.25) is 0 Å². The van der Waals surface area contributed by atoms with E-state index in [1.54, 1.807) is 13.1 Å². The zero-order valence-electron chi connectivity index (χ0n) is 14.4. The number of piperazine rings is 1. The second kappa shape index (κ2) is 8.09. The minimum absolute atomic E-state index is 0.0164. The number of hydrogen-bond acceptors (Lipinski definition) is 8. The minimum atomic E-state index is -0.880. The summed E-state index contributed by atoms with van der Waals surface area (Å²) in [6.45, 7) is 4.48. The van der Waals surface area contributed by atoms with E-state index >= 15 is 0 Å². The standard InChI is InChI=1S/C16H20N6O3S/c1-11(23)21-5-7-22(8-6-21)13-10-12(15-17-4-9-26-15)19-16(20-13)18-3-2-14(24)25/h4,9-10H,2-3,5-8H2,1H3,(H,24,25)(H,18,19,20). The van der Waals surface area contributed by atoms with E-state index in [1.165, 1.54) is 11.3 Å². The first kappa shape index (κ1) is 18.1. The average Bonchev–Trinajstić information content (AvgIpc) is 3.16. The number of thiazole rings is 1. The van der Waals surface area contributed by atoms with Gasteiger partial charge in [-0.1, -0.05) is 0 Å². The van der Waals surface area contributed by atoms with Crippen molar-refractivity contribution in [2.45, 2.75) is 13.3 Å². The smallest absolute Gasteiger partial charge is 0.305 e. The van der Waals surface area contributed by atoms with Gasteiger partial charge in [0.2, 0.25) is 11.9 Å². The molecule has 2 aromatic rings. The summed E-state index contributed by atoms with van der Waals surface area (Å²) in [7, 11) is 0. The molecule has 2 aromatic heterocycles. The second-order valence-electron chi connectivity index (χ2n) is 5.84. The van der Waals surface area contributed by atoms with E-state index in [-0.39, 0.29) is 18.9 Å². The molecule has 3 rings (SSSR count). The monoisotopic (exact) mass is 376 g/mol. The van der Waals surface area contributed by atoms with Crippen LogP contribution in [0.4, 0.5) is 11.8 Å². The quantitative estimate of drug-likeness (QED) is 0.772. The van der Waals surface area contributed by atoms with Gasteiger partial charge in [-0.3, -0.25) is 9.59 Å². The van der Waals surface area contributed by atoms with E-state index in [4.69, 9.17) is 5.11 Å². The summed E-state index contributed by atoms with van der Waals surface area (Å²) < 4.78 is 0. The molecular weight excluding hydrogens is 356 g/mol. The van der Waals surface area contributed by atoms with Crippen LogP contribution in [0.1, 0.15) is 13.3 Å². The lowest BCUT2D eigenvalue weighted by atomic mass is 10.3. The predicted octanol–water partition coefficient (Wildman–Crippen LogP) is 1.16. The summed E-state index contributed by atoms with van der Waals surface area (Å²) in [5, 5.41) is 14.4. The summed E-state index contributed by atoms with van der Waals surface area (Å²) in [6, 6.07) is 1.88. The van der Waals surface area contributed by atoms with Crippen molar-refractivity contribution in [3.8, 4) is 10.7 Å². The maximum absolute atomic E-state index is 11.5. The normalized spacial score (nSPS) is 14.3. The van der Waals surface area contributed by atoms with Crippen LogP contribution in [-0.4, -0.2) is 69.6 Å². The molecule has 1 fully saturated rings. The highest BCUT2D eigenvalue weighted by molar-refractivity contribution is 7.13. The molecule has 0 unspecified atom stereocenters. The number of anilines is 2. The van der Waals surface area contributed by atoms with Crippen molar-refractivity contribution in [2.75, 3.05) is 42.9 Å². The summed E-state index contributed by atoms with van der Waals surface area (Å²) in [4.78, 5) is 39.4. The minimum Gasteiger partial charge on any atom is -0.481 e. The maximum Gasteiger partial charge on any atom is 0.305 e. The van der Waals surface area contributed by atoms with Crippen molar-refractivity contribution >= 4 is 35.0 Å². The molecule has 0 bridgehead atoms. The van der Waals surface area contributed by atoms with Crippen molar-refractivity contribution in [3.63, 3.8) is 0 Å². The number of amides is 1. The van der Waals surface area contributed by atoms with Gasteiger partial charge in [0, 0.05) is 57.3 Å². The number of hydrogen-bond donors (Lipinski definition) is 2. The Kier molecular flexibility index (Phi) is 5.61. The number of aromatic nitrogens is 3. The third-order valence-electron chi connectivity index (χ3n) is 4.04. The number of rotatable bonds is 6. The van der Waals surface area contributed by atoms with Gasteiger partial charge in [0.25, 0.3) is 0 Å². The van der Waals surface area contributed by atoms with Crippen molar-refractivity contribution in [1.29, 1.82) is 0 Å². The van der Waals surface area contributed by atoms with Gasteiger partial charge >= 0.3 is 5.97 Å². The zero-order chi connectivity index (χ0) is 18.5. The van der Waals surface area contributed by atoms with Crippen molar-refractivity contribution in [1.82, 2.24) is 19.9 Å². The fourth-order valence-electron chi connectivity index (χ4n) is 2.67. The molecule has 0 aliphatic carbocycles. The van der Waals surface area contributed by atoms with Gasteiger partial charge in [-0.2, -0.15) is 4.98 Å². The highest BCUT2D eigenvalue weighted by Crippen LogP contribution is 2.25. The van der Waals surface area contributed by atoms with Crippen molar-refractivity contribution < 1.29 is 14.7 Å². The van der Waals surface area contributed by atoms with Crippen LogP contribution in [0.15, 0.2) is 17.6 Å². The largest absolute Gasteiger partial charge is 0.481 e. The first-order valence-corrected chi connectivity index (χ1v) is 9.16. The Hall–Kier alpha value is -2.75. The number of carbonyl (C=O) groups is 2. The van der Waals surface area contributed by atoms with Crippen LogP contribution in [0.3, 0.4) is 0 Å². The zero-order valence-corrected chi connectivity index (χ0v) is 15.2. The molecule has 1 amide bonds. The highest BCUT2D eigenvalue weighted by atomic mass is 32.1. The lowest BCUT2D eigenvalue weighted by Gasteiger charge is -2.35. The van der Waals surface area contributed by atoms with E-state index in [1.807, 2.05) is 16.3 Å². The number of nitrogens with zero attached hydrogens (tertiary/aromatic N) is 5. The third-order valence-corrected chi connectivity index (χ3v) is 4.83. The van der Waals surface area contributed by atoms with Crippen LogP contribution in [0.25, 0.3) is 10.7 Å². The third kappa shape index (κ3) is 4.45. The van der Waals surface area contributed by atoms with Crippen LogP contribution in [0, 0.1) is 0 Å². The average molecular weight is 376 g/mol. The molecule has 1 saturated heterocycles. The van der Waals surface area contributed by atoms with Gasteiger partial charge in [0.05, 0.1) is 6.42 Å². The fourth-order valence-corrected chi connectivity index (χ4v) is 3.26. The number of nitrogens with one attached hydrogen (secondary N) is 1. The fraction of sp³-hybridized carbons (Fsp3) is 0.438. The van der Waals surface area contributed by atoms with Gasteiger partial charge in [-0.05, 0) is 0 Å². The molecule has 1 aliphatic heterocycles. The summed E-state index contributed by atoms with van der Waals surface area (Å²) >= 11 is 1.48. The van der Waals surface area contributed by atoms with Crippen LogP contribution >= 0.6 is 11.3 Å². The highest BCUT2D eigenvalue weighted by Gasteiger charge is 2.21. The predicted molar refractivity (Wildman–Crippen MR) is 98.3 cm³/mol. The van der Waals surface area contributed by atoms with E-state index in [2.05, 4.69) is 25.2 Å². The molecule has 26 heavy (non-hydrogen) atoms. The molecular formula is C16H20N6O3S. The first-order chi connectivity index (χ1) is 12.5. The van der Waals surface area contributed by atoms with Gasteiger partial charge in [-0.25, -0.2) is 9.97 Å². The molecule has 0 spiro atoms. The first-order valence-electron chi connectivity index (χ1n) is 8.28. The molecule has 0 aromatic carbocycles. The number of carboxylic acid groups (broad SMARTS) is 1. The van der Waals surface area contributed by atoms with Crippen molar-refractivity contribution in [3.05, 3.63) is 17.6 Å². The SMILES string of the molecule is CC(=O)N1CCN(c2cc(-c3nccs3)nc(NCCC(=O)O)n2)CC1. The molecule has 0 atom stereocenters. The molecule has 0 saturated carbocycles. The Morgan fingerprint density at radius 2 is 2.04 bits per heavy atom. The number of carboxylic acids is 1. The van der Waals surface area contributed by atoms with Crippen molar-refractivity contribution in [2.24, 2.45) is 0 Å². The Morgan fingerprint density at radius 1 is 1.27 bits per heavy atom. The number of aliphatic carboxylic acids is 1. The van der Waals surface area contributed by atoms with Gasteiger partial charge in [-0.15, -0.1) is 11.3 Å². The molecule has 1 aliphatic rings. The Balaban J connectivity index is 1.80. The van der Waals surface area contributed by atoms with Gasteiger partial charge in [0.1, 0.15) is 16.5 Å². The van der Waals surface area contributed by atoms with Crippen LogP contribution < -0.4 is 10.2 Å². The Labute approximate surface area is 154 Å². The molecule has 2 N–H and O–H groups in total. The number of carbonyl (C=O) groups excluding carboxylic acids is 1. The molecule has 9 nitrogen and oxygen atoms in total. The van der Waals surface area contributed by atoms with Gasteiger partial charge < -0.3 is 20.2 Å². The Bertz CT molecular complexity index is 774. The second-order valence-corrected chi connectivity index (χ2v) is 6.73. The summed E-state index contributed by atoms with van der Waals surface area (Å²) in [6.07, 6.45) is 1.70. The molecule has 138 valence electrons. The molecule has 10 heteroatoms. The summed E-state index contributed by atoms with van der Waals surface area (Å²) in [5.74, 6) is 0.315. The topological polar surface area (TPSA) is 112 Å². The van der Waals surface area contributed by atoms with E-state index < -0.39 is 5.97 Å². The lowest BCUT2D eigenvalue weighted by Crippen LogP contribution is -2.48. The maximum atomic E-state index is 11.5. The lowest BCUT2D eigenvalue weighted by molar-refractivity contribution is -0.136. The van der Waals surface area contributed by atoms with E-state index in [9.17, 15) is 9.59 Å². The van der Waals surface area contributed by atoms with Crippen LogP contribution in [-0.2, 0) is 9.59 Å².